The van der Waals surface area contributed by atoms with Gasteiger partial charge in [0.25, 0.3) is 0 Å². The van der Waals surface area contributed by atoms with Gasteiger partial charge in [-0.3, -0.25) is 9.89 Å². The molecule has 0 aromatic heterocycles. The lowest BCUT2D eigenvalue weighted by atomic mass is 10.2. The molecule has 2 fully saturated rings. The quantitative estimate of drug-likeness (QED) is 0.228. The molecule has 27 heavy (non-hydrogen) atoms. The molecule has 3 N–H and O–H groups in total. The maximum atomic E-state index is 4.77. The van der Waals surface area contributed by atoms with Crippen molar-refractivity contribution in [3.05, 3.63) is 30.3 Å². The summed E-state index contributed by atoms with van der Waals surface area (Å²) in [6.45, 7) is 7.24. The molecular weight excluding hydrogens is 449 g/mol. The minimum absolute atomic E-state index is 0. The van der Waals surface area contributed by atoms with Gasteiger partial charge in [-0.2, -0.15) is 0 Å². The van der Waals surface area contributed by atoms with Crippen LogP contribution in [0.3, 0.4) is 0 Å². The first kappa shape index (κ1) is 22.3. The fourth-order valence-electron chi connectivity index (χ4n) is 4.08. The predicted molar refractivity (Wildman–Crippen MR) is 126 cm³/mol. The van der Waals surface area contributed by atoms with Crippen LogP contribution in [-0.4, -0.2) is 55.7 Å². The van der Waals surface area contributed by atoms with Crippen LogP contribution in [0.5, 0.6) is 0 Å². The number of aliphatic imine (C=N–C) groups is 1. The van der Waals surface area contributed by atoms with Gasteiger partial charge in [0.2, 0.25) is 0 Å². The summed E-state index contributed by atoms with van der Waals surface area (Å²) in [4.78, 5) is 7.46. The summed E-state index contributed by atoms with van der Waals surface area (Å²) >= 11 is 0. The number of anilines is 1. The zero-order chi connectivity index (χ0) is 18.0. The van der Waals surface area contributed by atoms with Gasteiger partial charge in [-0.1, -0.05) is 31.0 Å². The van der Waals surface area contributed by atoms with E-state index in [1.165, 1.54) is 50.9 Å². The van der Waals surface area contributed by atoms with Crippen molar-refractivity contribution in [2.75, 3.05) is 38.0 Å². The number of likely N-dealkylation sites (tertiary alicyclic amines) is 1. The van der Waals surface area contributed by atoms with Gasteiger partial charge < -0.3 is 16.0 Å². The second-order valence-corrected chi connectivity index (χ2v) is 7.47. The van der Waals surface area contributed by atoms with Gasteiger partial charge in [-0.05, 0) is 44.7 Å². The van der Waals surface area contributed by atoms with E-state index in [9.17, 15) is 0 Å². The highest BCUT2D eigenvalue weighted by molar-refractivity contribution is 14.0. The molecule has 0 radical (unpaired) electrons. The smallest absolute Gasteiger partial charge is 0.191 e. The predicted octanol–water partition coefficient (Wildman–Crippen LogP) is 3.68. The molecule has 3 rings (SSSR count). The van der Waals surface area contributed by atoms with Crippen LogP contribution in [0.4, 0.5) is 5.69 Å². The Morgan fingerprint density at radius 1 is 1.15 bits per heavy atom. The lowest BCUT2D eigenvalue weighted by Gasteiger charge is -2.24. The molecule has 1 aliphatic carbocycles. The summed E-state index contributed by atoms with van der Waals surface area (Å²) in [5.41, 5.74) is 1.18. The summed E-state index contributed by atoms with van der Waals surface area (Å²) < 4.78 is 0. The highest BCUT2D eigenvalue weighted by Gasteiger charge is 2.30. The zero-order valence-electron chi connectivity index (χ0n) is 16.6. The van der Waals surface area contributed by atoms with Crippen LogP contribution in [0.1, 0.15) is 45.4 Å². The van der Waals surface area contributed by atoms with E-state index in [2.05, 4.69) is 52.0 Å². The average molecular weight is 485 g/mol. The molecule has 1 atom stereocenters. The maximum Gasteiger partial charge on any atom is 0.191 e. The van der Waals surface area contributed by atoms with Crippen LogP contribution >= 0.6 is 24.0 Å². The van der Waals surface area contributed by atoms with E-state index in [1.807, 2.05) is 6.07 Å². The van der Waals surface area contributed by atoms with E-state index < -0.39 is 0 Å². The molecule has 1 aliphatic heterocycles. The van der Waals surface area contributed by atoms with Crippen molar-refractivity contribution in [1.82, 2.24) is 15.5 Å². The van der Waals surface area contributed by atoms with E-state index in [-0.39, 0.29) is 24.0 Å². The molecular formula is C21H36IN5. The minimum Gasteiger partial charge on any atom is -0.385 e. The van der Waals surface area contributed by atoms with Gasteiger partial charge in [0.1, 0.15) is 0 Å². The summed E-state index contributed by atoms with van der Waals surface area (Å²) in [7, 11) is 0. The highest BCUT2D eigenvalue weighted by atomic mass is 127. The number of nitrogens with zero attached hydrogens (tertiary/aromatic N) is 2. The van der Waals surface area contributed by atoms with Crippen LogP contribution in [0.25, 0.3) is 0 Å². The van der Waals surface area contributed by atoms with E-state index in [4.69, 9.17) is 4.99 Å². The molecule has 1 unspecified atom stereocenters. The van der Waals surface area contributed by atoms with Crippen LogP contribution in [0, 0.1) is 0 Å². The van der Waals surface area contributed by atoms with E-state index in [0.717, 1.165) is 38.1 Å². The van der Waals surface area contributed by atoms with Gasteiger partial charge in [0, 0.05) is 50.5 Å². The second kappa shape index (κ2) is 12.4. The number of nitrogens with one attached hydrogen (secondary N) is 3. The molecule has 2 aliphatic rings. The molecule has 6 heteroatoms. The van der Waals surface area contributed by atoms with Crippen molar-refractivity contribution in [2.24, 2.45) is 4.99 Å². The normalized spacial score (nSPS) is 21.1. The Labute approximate surface area is 181 Å². The van der Waals surface area contributed by atoms with Crippen LogP contribution < -0.4 is 16.0 Å². The topological polar surface area (TPSA) is 51.7 Å². The molecule has 0 amide bonds. The van der Waals surface area contributed by atoms with E-state index >= 15 is 0 Å². The largest absolute Gasteiger partial charge is 0.385 e. The average Bonchev–Trinajstić information content (AvgIpc) is 3.34. The SMILES string of the molecule is CCNC(=NCCCNc1ccccc1)NC1CCN(C2CCCC2)C1.I. The fraction of sp³-hybridized carbons (Fsp3) is 0.667. The molecule has 0 spiro atoms. The zero-order valence-corrected chi connectivity index (χ0v) is 19.0. The Hall–Kier alpha value is -1.02. The number of para-hydroxylation sites is 1. The molecule has 0 bridgehead atoms. The minimum atomic E-state index is 0. The number of rotatable bonds is 8. The van der Waals surface area contributed by atoms with Crippen LogP contribution in [0.15, 0.2) is 35.3 Å². The molecule has 5 nitrogen and oxygen atoms in total. The molecule has 1 saturated carbocycles. The summed E-state index contributed by atoms with van der Waals surface area (Å²) in [5.74, 6) is 0.977. The third-order valence-corrected chi connectivity index (χ3v) is 5.45. The molecule has 1 heterocycles. The van der Waals surface area contributed by atoms with Crippen molar-refractivity contribution in [3.63, 3.8) is 0 Å². The lowest BCUT2D eigenvalue weighted by molar-refractivity contribution is 0.242. The molecule has 152 valence electrons. The maximum absolute atomic E-state index is 4.77. The molecule has 1 aromatic rings. The van der Waals surface area contributed by atoms with Gasteiger partial charge in [-0.25, -0.2) is 0 Å². The Balaban J connectivity index is 0.00000261. The summed E-state index contributed by atoms with van der Waals surface area (Å²) in [6.07, 6.45) is 7.89. The number of hydrogen-bond donors (Lipinski definition) is 3. The number of benzene rings is 1. The summed E-state index contributed by atoms with van der Waals surface area (Å²) in [5, 5.41) is 10.5. The lowest BCUT2D eigenvalue weighted by Crippen LogP contribution is -2.45. The first-order chi connectivity index (χ1) is 12.8. The second-order valence-electron chi connectivity index (χ2n) is 7.47. The first-order valence-electron chi connectivity index (χ1n) is 10.4. The van der Waals surface area contributed by atoms with Crippen LogP contribution in [0.2, 0.25) is 0 Å². The fourth-order valence-corrected chi connectivity index (χ4v) is 4.08. The third kappa shape index (κ3) is 7.49. The third-order valence-electron chi connectivity index (χ3n) is 5.45. The van der Waals surface area contributed by atoms with Crippen LogP contribution in [-0.2, 0) is 0 Å². The Kier molecular flexibility index (Phi) is 10.3. The first-order valence-corrected chi connectivity index (χ1v) is 10.4. The highest BCUT2D eigenvalue weighted by Crippen LogP contribution is 2.26. The van der Waals surface area contributed by atoms with Crippen molar-refractivity contribution in [3.8, 4) is 0 Å². The molecule has 1 saturated heterocycles. The van der Waals surface area contributed by atoms with Gasteiger partial charge in [0.05, 0.1) is 0 Å². The van der Waals surface area contributed by atoms with Crippen molar-refractivity contribution in [2.45, 2.75) is 57.5 Å². The van der Waals surface area contributed by atoms with Gasteiger partial charge in [0.15, 0.2) is 5.96 Å². The van der Waals surface area contributed by atoms with Crippen molar-refractivity contribution >= 4 is 35.6 Å². The Bertz CT molecular complexity index is 545. The van der Waals surface area contributed by atoms with E-state index in [0.29, 0.717) is 6.04 Å². The Morgan fingerprint density at radius 2 is 1.93 bits per heavy atom. The summed E-state index contributed by atoms with van der Waals surface area (Å²) in [6, 6.07) is 11.7. The molecule has 1 aromatic carbocycles. The Morgan fingerprint density at radius 3 is 2.67 bits per heavy atom. The van der Waals surface area contributed by atoms with Gasteiger partial charge >= 0.3 is 0 Å². The number of halogens is 1. The number of guanidine groups is 1. The standard InChI is InChI=1S/C21H35N5.HI/c1-2-22-21(24-15-8-14-23-18-9-4-3-5-10-18)25-19-13-16-26(17-19)20-11-6-7-12-20;/h3-5,9-10,19-20,23H,2,6-8,11-17H2,1H3,(H2,22,24,25);1H. The number of hydrogen-bond acceptors (Lipinski definition) is 3. The van der Waals surface area contributed by atoms with Gasteiger partial charge in [-0.15, -0.1) is 24.0 Å². The van der Waals surface area contributed by atoms with E-state index in [1.54, 1.807) is 0 Å². The monoisotopic (exact) mass is 485 g/mol. The van der Waals surface area contributed by atoms with Crippen molar-refractivity contribution in [1.29, 1.82) is 0 Å². The van der Waals surface area contributed by atoms with Crippen molar-refractivity contribution < 1.29 is 0 Å².